The maximum absolute atomic E-state index is 12.3. The topological polar surface area (TPSA) is 70.7 Å². The lowest BCUT2D eigenvalue weighted by Crippen LogP contribution is -2.28. The van der Waals surface area contributed by atoms with Crippen LogP contribution in [0.25, 0.3) is 0 Å². The van der Waals surface area contributed by atoms with E-state index in [4.69, 9.17) is 9.52 Å². The molecule has 1 amide bonds. The zero-order chi connectivity index (χ0) is 16.2. The van der Waals surface area contributed by atoms with Crippen LogP contribution in [0.4, 0.5) is 0 Å². The Bertz CT molecular complexity index is 698. The average Bonchev–Trinajstić information content (AvgIpc) is 3.23. The molecule has 5 nitrogen and oxygen atoms in total. The molecule has 0 saturated carbocycles. The Balaban J connectivity index is 1.54. The van der Waals surface area contributed by atoms with Gasteiger partial charge in [-0.15, -0.1) is 11.8 Å². The van der Waals surface area contributed by atoms with E-state index >= 15 is 0 Å². The highest BCUT2D eigenvalue weighted by Gasteiger charge is 2.29. The van der Waals surface area contributed by atoms with Gasteiger partial charge in [0.25, 0.3) is 5.91 Å². The molecule has 0 bridgehead atoms. The molecule has 1 atom stereocenters. The molecule has 2 aromatic rings. The second-order valence-corrected chi connectivity index (χ2v) is 6.63. The van der Waals surface area contributed by atoms with Crippen molar-refractivity contribution in [1.82, 2.24) is 4.90 Å². The number of rotatable bonds is 5. The molecule has 1 aliphatic rings. The second-order valence-electron chi connectivity index (χ2n) is 5.53. The summed E-state index contributed by atoms with van der Waals surface area (Å²) in [7, 11) is 0. The predicted molar refractivity (Wildman–Crippen MR) is 86.8 cm³/mol. The van der Waals surface area contributed by atoms with Crippen molar-refractivity contribution in [2.45, 2.75) is 11.3 Å². The maximum atomic E-state index is 12.3. The molecule has 2 heterocycles. The van der Waals surface area contributed by atoms with E-state index in [1.165, 1.54) is 11.0 Å². The summed E-state index contributed by atoms with van der Waals surface area (Å²) in [6, 6.07) is 11.5. The Morgan fingerprint density at radius 3 is 2.78 bits per heavy atom. The molecular weight excluding hydrogens is 314 g/mol. The van der Waals surface area contributed by atoms with Crippen LogP contribution in [0.15, 0.2) is 52.0 Å². The van der Waals surface area contributed by atoms with Crippen molar-refractivity contribution in [1.29, 1.82) is 0 Å². The Kier molecular flexibility index (Phi) is 4.71. The molecular formula is C17H17NO4S. The predicted octanol–water partition coefficient (Wildman–Crippen LogP) is 3.23. The number of aromatic carboxylic acids is 1. The van der Waals surface area contributed by atoms with Crippen LogP contribution in [0.5, 0.6) is 0 Å². The zero-order valence-electron chi connectivity index (χ0n) is 12.5. The minimum atomic E-state index is -1.09. The summed E-state index contributed by atoms with van der Waals surface area (Å²) in [5.41, 5.74) is 0.00345. The summed E-state index contributed by atoms with van der Waals surface area (Å²) in [6.45, 7) is 1.36. The summed E-state index contributed by atoms with van der Waals surface area (Å²) >= 11 is 1.80. The van der Waals surface area contributed by atoms with Crippen LogP contribution in [0.3, 0.4) is 0 Å². The number of carboxylic acids is 1. The molecule has 0 spiro atoms. The van der Waals surface area contributed by atoms with Gasteiger partial charge in [0.05, 0.1) is 5.56 Å². The number of thioether (sulfide) groups is 1. The van der Waals surface area contributed by atoms with Crippen LogP contribution in [-0.2, 0) is 0 Å². The highest BCUT2D eigenvalue weighted by molar-refractivity contribution is 7.99. The fourth-order valence-corrected chi connectivity index (χ4v) is 3.65. The second kappa shape index (κ2) is 6.91. The van der Waals surface area contributed by atoms with Crippen molar-refractivity contribution >= 4 is 23.6 Å². The number of hydrogen-bond acceptors (Lipinski definition) is 4. The summed E-state index contributed by atoms with van der Waals surface area (Å²) in [5.74, 6) is 0.180. The van der Waals surface area contributed by atoms with Crippen molar-refractivity contribution in [2.24, 2.45) is 5.92 Å². The number of hydrogen-bond donors (Lipinski definition) is 1. The Morgan fingerprint density at radius 1 is 1.30 bits per heavy atom. The van der Waals surface area contributed by atoms with Gasteiger partial charge in [0.2, 0.25) is 0 Å². The van der Waals surface area contributed by atoms with Gasteiger partial charge in [-0.2, -0.15) is 0 Å². The first-order valence-corrected chi connectivity index (χ1v) is 8.41. The molecule has 3 rings (SSSR count). The third-order valence-electron chi connectivity index (χ3n) is 3.86. The maximum Gasteiger partial charge on any atom is 0.338 e. The molecule has 1 N–H and O–H groups in total. The summed E-state index contributed by atoms with van der Waals surface area (Å²) < 4.78 is 5.09. The largest absolute Gasteiger partial charge is 0.478 e. The van der Waals surface area contributed by atoms with Crippen molar-refractivity contribution in [3.8, 4) is 0 Å². The fourth-order valence-electron chi connectivity index (χ4n) is 2.60. The van der Waals surface area contributed by atoms with Crippen LogP contribution >= 0.6 is 11.8 Å². The van der Waals surface area contributed by atoms with Crippen molar-refractivity contribution in [3.05, 3.63) is 54.0 Å². The van der Waals surface area contributed by atoms with E-state index in [2.05, 4.69) is 12.1 Å². The first kappa shape index (κ1) is 15.7. The van der Waals surface area contributed by atoms with Gasteiger partial charge in [0, 0.05) is 29.8 Å². The molecule has 0 radical (unpaired) electrons. The third kappa shape index (κ3) is 3.76. The van der Waals surface area contributed by atoms with Crippen molar-refractivity contribution in [2.75, 3.05) is 18.8 Å². The monoisotopic (exact) mass is 331 g/mol. The third-order valence-corrected chi connectivity index (χ3v) is 5.10. The average molecular weight is 331 g/mol. The van der Waals surface area contributed by atoms with E-state index in [-0.39, 0.29) is 17.2 Å². The number of carboxylic acid groups (broad SMARTS) is 1. The van der Waals surface area contributed by atoms with E-state index in [1.54, 1.807) is 16.7 Å². The van der Waals surface area contributed by atoms with Crippen molar-refractivity contribution in [3.63, 3.8) is 0 Å². The number of nitrogens with zero attached hydrogens (tertiary/aromatic N) is 1. The lowest BCUT2D eigenvalue weighted by atomic mass is 10.2. The van der Waals surface area contributed by atoms with E-state index in [9.17, 15) is 9.59 Å². The number of amides is 1. The quantitative estimate of drug-likeness (QED) is 0.852. The Hall–Kier alpha value is -2.21. The first-order chi connectivity index (χ1) is 11.1. The molecule has 1 aliphatic heterocycles. The van der Waals surface area contributed by atoms with Gasteiger partial charge < -0.3 is 14.4 Å². The van der Waals surface area contributed by atoms with Crippen LogP contribution in [0.2, 0.25) is 0 Å². The molecule has 23 heavy (non-hydrogen) atoms. The summed E-state index contributed by atoms with van der Waals surface area (Å²) in [6.07, 6.45) is 2.06. The van der Waals surface area contributed by atoms with E-state index in [0.717, 1.165) is 18.4 Å². The number of likely N-dealkylation sites (tertiary alicyclic amines) is 1. The van der Waals surface area contributed by atoms with Crippen LogP contribution < -0.4 is 0 Å². The van der Waals surface area contributed by atoms with Gasteiger partial charge in [-0.1, -0.05) is 18.2 Å². The molecule has 1 saturated heterocycles. The van der Waals surface area contributed by atoms with Crippen molar-refractivity contribution < 1.29 is 19.1 Å². The SMILES string of the molecule is O=C(O)c1coc(C(=O)N2CCC(CSc3ccccc3)C2)c1. The Labute approximate surface area is 138 Å². The molecule has 1 unspecified atom stereocenters. The zero-order valence-corrected chi connectivity index (χ0v) is 13.3. The summed E-state index contributed by atoms with van der Waals surface area (Å²) in [5, 5.41) is 8.88. The highest BCUT2D eigenvalue weighted by Crippen LogP contribution is 2.26. The molecule has 6 heteroatoms. The number of benzene rings is 1. The normalized spacial score (nSPS) is 17.4. The van der Waals surface area contributed by atoms with Gasteiger partial charge in [0.15, 0.2) is 5.76 Å². The molecule has 120 valence electrons. The van der Waals surface area contributed by atoms with Gasteiger partial charge >= 0.3 is 5.97 Å². The number of carbonyl (C=O) groups excluding carboxylic acids is 1. The smallest absolute Gasteiger partial charge is 0.338 e. The molecule has 1 aromatic heterocycles. The van der Waals surface area contributed by atoms with Crippen LogP contribution in [0, 0.1) is 5.92 Å². The van der Waals surface area contributed by atoms with E-state index in [1.807, 2.05) is 18.2 Å². The molecule has 1 aromatic carbocycles. The number of carbonyl (C=O) groups is 2. The molecule has 1 fully saturated rings. The van der Waals surface area contributed by atoms with E-state index in [0.29, 0.717) is 19.0 Å². The minimum Gasteiger partial charge on any atom is -0.478 e. The lowest BCUT2D eigenvalue weighted by molar-refractivity contribution is 0.0695. The fraction of sp³-hybridized carbons (Fsp3) is 0.294. The number of furan rings is 1. The Morgan fingerprint density at radius 2 is 2.09 bits per heavy atom. The van der Waals surface area contributed by atoms with Gasteiger partial charge in [0.1, 0.15) is 6.26 Å². The van der Waals surface area contributed by atoms with Crippen LogP contribution in [-0.4, -0.2) is 40.7 Å². The highest BCUT2D eigenvalue weighted by atomic mass is 32.2. The van der Waals surface area contributed by atoms with Crippen LogP contribution in [0.1, 0.15) is 27.3 Å². The lowest BCUT2D eigenvalue weighted by Gasteiger charge is -2.14. The van der Waals surface area contributed by atoms with E-state index < -0.39 is 5.97 Å². The minimum absolute atomic E-state index is 0.00345. The first-order valence-electron chi connectivity index (χ1n) is 7.42. The summed E-state index contributed by atoms with van der Waals surface area (Å²) in [4.78, 5) is 26.1. The molecule has 0 aliphatic carbocycles. The standard InChI is InChI=1S/C17H17NO4S/c19-16(15-8-13(10-22-15)17(20)21)18-7-6-12(9-18)11-23-14-4-2-1-3-5-14/h1-5,8,10,12H,6-7,9,11H2,(H,20,21). The van der Waals surface area contributed by atoms with Gasteiger partial charge in [-0.25, -0.2) is 4.79 Å². The van der Waals surface area contributed by atoms with Gasteiger partial charge in [-0.3, -0.25) is 4.79 Å². The van der Waals surface area contributed by atoms with Gasteiger partial charge in [-0.05, 0) is 24.5 Å².